The number of nitrogens with one attached hydrogen (secondary N) is 1. The van der Waals surface area contributed by atoms with Gasteiger partial charge < -0.3 is 9.64 Å². The van der Waals surface area contributed by atoms with E-state index in [-0.39, 0.29) is 24.8 Å². The van der Waals surface area contributed by atoms with Gasteiger partial charge in [0.15, 0.2) is 0 Å². The molecule has 1 N–H and O–H groups in total. The summed E-state index contributed by atoms with van der Waals surface area (Å²) in [4.78, 5) is 13.5. The number of rotatable bonds is 6. The zero-order chi connectivity index (χ0) is 16.9. The Labute approximate surface area is 137 Å². The van der Waals surface area contributed by atoms with Gasteiger partial charge in [0.25, 0.3) is 0 Å². The maximum Gasteiger partial charge on any atom is 0.306 e. The van der Waals surface area contributed by atoms with E-state index in [1.54, 1.807) is 6.92 Å². The van der Waals surface area contributed by atoms with Gasteiger partial charge in [-0.1, -0.05) is 18.2 Å². The lowest BCUT2D eigenvalue weighted by Crippen LogP contribution is -2.31. The van der Waals surface area contributed by atoms with Crippen molar-refractivity contribution in [1.29, 1.82) is 0 Å². The van der Waals surface area contributed by atoms with Gasteiger partial charge in [-0.3, -0.25) is 4.79 Å². The predicted octanol–water partition coefficient (Wildman–Crippen LogP) is 1.83. The van der Waals surface area contributed by atoms with Crippen LogP contribution in [0.3, 0.4) is 0 Å². The van der Waals surface area contributed by atoms with Gasteiger partial charge in [0.05, 0.1) is 18.8 Å². The van der Waals surface area contributed by atoms with E-state index in [1.807, 2.05) is 31.3 Å². The number of fused-ring (bicyclic) bond motifs is 1. The first-order valence-corrected chi connectivity index (χ1v) is 9.54. The summed E-state index contributed by atoms with van der Waals surface area (Å²) in [5.74, 6) is -0.737. The van der Waals surface area contributed by atoms with Crippen LogP contribution in [0.5, 0.6) is 0 Å². The van der Waals surface area contributed by atoms with Crippen molar-refractivity contribution >= 4 is 21.7 Å². The summed E-state index contributed by atoms with van der Waals surface area (Å²) in [7, 11) is -1.53. The Balaban J connectivity index is 2.09. The molecule has 1 aliphatic rings. The lowest BCUT2D eigenvalue weighted by atomic mass is 10.0. The summed E-state index contributed by atoms with van der Waals surface area (Å²) < 4.78 is 32.1. The quantitative estimate of drug-likeness (QED) is 0.800. The number of anilines is 1. The summed E-state index contributed by atoms with van der Waals surface area (Å²) in [6.07, 6.45) is 1.51. The second-order valence-corrected chi connectivity index (χ2v) is 7.54. The van der Waals surface area contributed by atoms with E-state index in [9.17, 15) is 13.2 Å². The van der Waals surface area contributed by atoms with Crippen molar-refractivity contribution in [3.63, 3.8) is 0 Å². The Kier molecular flexibility index (Phi) is 6.01. The van der Waals surface area contributed by atoms with Gasteiger partial charge >= 0.3 is 5.97 Å². The molecule has 128 valence electrons. The first-order chi connectivity index (χ1) is 10.9. The first-order valence-electron chi connectivity index (χ1n) is 7.88. The lowest BCUT2D eigenvalue weighted by Gasteiger charge is -2.22. The molecule has 0 aromatic heterocycles. The van der Waals surface area contributed by atoms with Crippen LogP contribution >= 0.6 is 0 Å². The highest BCUT2D eigenvalue weighted by Crippen LogP contribution is 2.32. The molecule has 0 saturated heterocycles. The first kappa shape index (κ1) is 17.7. The minimum Gasteiger partial charge on any atom is -0.466 e. The van der Waals surface area contributed by atoms with E-state index < -0.39 is 16.0 Å². The molecule has 1 atom stereocenters. The number of nitrogens with zero attached hydrogens (tertiary/aromatic N) is 1. The van der Waals surface area contributed by atoms with Gasteiger partial charge in [-0.25, -0.2) is 13.1 Å². The molecule has 2 rings (SSSR count). The molecule has 0 spiro atoms. The second-order valence-electron chi connectivity index (χ2n) is 5.67. The van der Waals surface area contributed by atoms with Crippen LogP contribution in [0.15, 0.2) is 24.3 Å². The fourth-order valence-electron chi connectivity index (χ4n) is 2.79. The van der Waals surface area contributed by atoms with Crippen molar-refractivity contribution in [2.45, 2.75) is 32.2 Å². The van der Waals surface area contributed by atoms with E-state index >= 15 is 0 Å². The van der Waals surface area contributed by atoms with Crippen LogP contribution in [-0.2, 0) is 19.6 Å². The SMILES string of the molecule is CCOC(=O)CCS(=O)(=O)NC1CCCN(C)c2ccccc21. The third-order valence-electron chi connectivity index (χ3n) is 3.91. The number of carbonyl (C=O) groups is 1. The number of hydrogen-bond donors (Lipinski definition) is 1. The van der Waals surface area contributed by atoms with Gasteiger partial charge in [-0.05, 0) is 31.4 Å². The zero-order valence-corrected chi connectivity index (χ0v) is 14.4. The van der Waals surface area contributed by atoms with Crippen molar-refractivity contribution in [2.75, 3.05) is 30.9 Å². The molecular formula is C16H24N2O4S. The average molecular weight is 340 g/mol. The summed E-state index contributed by atoms with van der Waals surface area (Å²) in [6, 6.07) is 7.56. The maximum atomic E-state index is 12.3. The van der Waals surface area contributed by atoms with Crippen molar-refractivity contribution in [3.05, 3.63) is 29.8 Å². The number of para-hydroxylation sites is 1. The minimum atomic E-state index is -3.54. The van der Waals surface area contributed by atoms with Crippen LogP contribution in [0.25, 0.3) is 0 Å². The Hall–Kier alpha value is -1.60. The summed E-state index contributed by atoms with van der Waals surface area (Å²) >= 11 is 0. The molecule has 0 bridgehead atoms. The largest absolute Gasteiger partial charge is 0.466 e. The van der Waals surface area contributed by atoms with Gasteiger partial charge in [-0.15, -0.1) is 0 Å². The number of carbonyl (C=O) groups excluding carboxylic acids is 1. The highest BCUT2D eigenvalue weighted by molar-refractivity contribution is 7.89. The van der Waals surface area contributed by atoms with E-state index in [4.69, 9.17) is 4.74 Å². The molecule has 0 amide bonds. The molecule has 1 aromatic rings. The topological polar surface area (TPSA) is 75.7 Å². The molecule has 0 fully saturated rings. The molecule has 1 heterocycles. The zero-order valence-electron chi connectivity index (χ0n) is 13.6. The van der Waals surface area contributed by atoms with Crippen LogP contribution < -0.4 is 9.62 Å². The van der Waals surface area contributed by atoms with Crippen molar-refractivity contribution < 1.29 is 17.9 Å². The van der Waals surface area contributed by atoms with Crippen molar-refractivity contribution in [2.24, 2.45) is 0 Å². The molecule has 1 unspecified atom stereocenters. The smallest absolute Gasteiger partial charge is 0.306 e. The monoisotopic (exact) mass is 340 g/mol. The van der Waals surface area contributed by atoms with E-state index in [2.05, 4.69) is 9.62 Å². The fourth-order valence-corrected chi connectivity index (χ4v) is 4.02. The Bertz CT molecular complexity index is 645. The molecular weight excluding hydrogens is 316 g/mol. The molecule has 1 aromatic carbocycles. The van der Waals surface area contributed by atoms with E-state index in [0.717, 1.165) is 30.6 Å². The number of esters is 1. The molecule has 6 nitrogen and oxygen atoms in total. The van der Waals surface area contributed by atoms with Crippen LogP contribution in [0.4, 0.5) is 5.69 Å². The molecule has 0 aliphatic carbocycles. The highest BCUT2D eigenvalue weighted by Gasteiger charge is 2.25. The highest BCUT2D eigenvalue weighted by atomic mass is 32.2. The number of ether oxygens (including phenoxy) is 1. The van der Waals surface area contributed by atoms with Gasteiger partial charge in [0.1, 0.15) is 0 Å². The number of sulfonamides is 1. The Morgan fingerprint density at radius 2 is 2.13 bits per heavy atom. The molecule has 0 radical (unpaired) electrons. The molecule has 1 aliphatic heterocycles. The molecule has 0 saturated carbocycles. The third-order valence-corrected chi connectivity index (χ3v) is 5.30. The van der Waals surface area contributed by atoms with Gasteiger partial charge in [0.2, 0.25) is 10.0 Å². The maximum absolute atomic E-state index is 12.3. The van der Waals surface area contributed by atoms with Crippen LogP contribution in [0.1, 0.15) is 37.8 Å². The average Bonchev–Trinajstić information content (AvgIpc) is 2.66. The van der Waals surface area contributed by atoms with Gasteiger partial charge in [-0.2, -0.15) is 0 Å². The van der Waals surface area contributed by atoms with Gasteiger partial charge in [0, 0.05) is 25.3 Å². The van der Waals surface area contributed by atoms with Crippen molar-refractivity contribution in [1.82, 2.24) is 4.72 Å². The number of benzene rings is 1. The summed E-state index contributed by atoms with van der Waals surface area (Å²) in [5.41, 5.74) is 2.02. The Morgan fingerprint density at radius 3 is 2.87 bits per heavy atom. The fraction of sp³-hybridized carbons (Fsp3) is 0.562. The summed E-state index contributed by atoms with van der Waals surface area (Å²) in [5, 5.41) is 0. The predicted molar refractivity (Wildman–Crippen MR) is 89.9 cm³/mol. The number of hydrogen-bond acceptors (Lipinski definition) is 5. The van der Waals surface area contributed by atoms with E-state index in [0.29, 0.717) is 0 Å². The lowest BCUT2D eigenvalue weighted by molar-refractivity contribution is -0.142. The normalized spacial score (nSPS) is 18.2. The summed E-state index contributed by atoms with van der Waals surface area (Å²) in [6.45, 7) is 2.84. The minimum absolute atomic E-state index is 0.128. The standard InChI is InChI=1S/C16H24N2O4S/c1-3-22-16(19)10-12-23(20,21)17-14-8-6-11-18(2)15-9-5-4-7-13(14)15/h4-5,7,9,14,17H,3,6,8,10-12H2,1-2H3. The van der Waals surface area contributed by atoms with Crippen LogP contribution in [0.2, 0.25) is 0 Å². The van der Waals surface area contributed by atoms with Crippen LogP contribution in [-0.4, -0.2) is 40.3 Å². The third kappa shape index (κ3) is 4.94. The van der Waals surface area contributed by atoms with Crippen molar-refractivity contribution in [3.8, 4) is 0 Å². The second kappa shape index (κ2) is 7.79. The molecule has 23 heavy (non-hydrogen) atoms. The Morgan fingerprint density at radius 1 is 1.39 bits per heavy atom. The van der Waals surface area contributed by atoms with Crippen LogP contribution in [0, 0.1) is 0 Å². The van der Waals surface area contributed by atoms with E-state index in [1.165, 1.54) is 0 Å². The molecule has 7 heteroatoms.